The third-order valence-electron chi connectivity index (χ3n) is 5.38. The van der Waals surface area contributed by atoms with Crippen LogP contribution in [0.2, 0.25) is 0 Å². The van der Waals surface area contributed by atoms with Crippen molar-refractivity contribution in [1.29, 1.82) is 0 Å². The molecule has 1 aliphatic rings. The Balaban J connectivity index is 1.60. The molecule has 3 aromatic rings. The van der Waals surface area contributed by atoms with Crippen LogP contribution in [0.1, 0.15) is 39.3 Å². The molecule has 6 nitrogen and oxygen atoms in total. The maximum absolute atomic E-state index is 13.0. The summed E-state index contributed by atoms with van der Waals surface area (Å²) >= 11 is 1.47. The lowest BCUT2D eigenvalue weighted by atomic mass is 9.97. The SMILES string of the molecule is Cc1ccc(Cn2nc(C)c3cc(C(=O)N4CCC[C@@H](C(N)=O)C4)sc32)cc1. The average Bonchev–Trinajstić information content (AvgIpc) is 3.24. The number of hydrogen-bond acceptors (Lipinski definition) is 4. The molecule has 1 aliphatic heterocycles. The molecule has 1 saturated heterocycles. The Kier molecular flexibility index (Phi) is 4.93. The number of nitrogens with zero attached hydrogens (tertiary/aromatic N) is 3. The Morgan fingerprint density at radius 2 is 2.00 bits per heavy atom. The van der Waals surface area contributed by atoms with Gasteiger partial charge in [0, 0.05) is 18.5 Å². The molecule has 2 amide bonds. The number of nitrogens with two attached hydrogens (primary N) is 1. The quantitative estimate of drug-likeness (QED) is 0.736. The van der Waals surface area contributed by atoms with Crippen molar-refractivity contribution in [2.45, 2.75) is 33.2 Å². The van der Waals surface area contributed by atoms with E-state index in [1.807, 2.05) is 17.7 Å². The summed E-state index contributed by atoms with van der Waals surface area (Å²) in [4.78, 5) is 28.0. The van der Waals surface area contributed by atoms with Crippen molar-refractivity contribution in [3.63, 3.8) is 0 Å². The van der Waals surface area contributed by atoms with Crippen molar-refractivity contribution < 1.29 is 9.59 Å². The van der Waals surface area contributed by atoms with Crippen LogP contribution >= 0.6 is 11.3 Å². The molecule has 1 aromatic carbocycles. The molecule has 0 unspecified atom stereocenters. The predicted octanol–water partition coefficient (Wildman–Crippen LogP) is 3.10. The molecule has 3 heterocycles. The smallest absolute Gasteiger partial charge is 0.264 e. The van der Waals surface area contributed by atoms with Crippen molar-refractivity contribution in [3.05, 3.63) is 52.0 Å². The van der Waals surface area contributed by atoms with Crippen molar-refractivity contribution >= 4 is 33.4 Å². The number of piperidine rings is 1. The molecule has 0 saturated carbocycles. The van der Waals surface area contributed by atoms with E-state index in [1.54, 1.807) is 4.90 Å². The molecule has 1 fully saturated rings. The Bertz CT molecular complexity index is 1030. The fraction of sp³-hybridized carbons (Fsp3) is 0.381. The van der Waals surface area contributed by atoms with Gasteiger partial charge in [-0.3, -0.25) is 14.3 Å². The zero-order valence-electron chi connectivity index (χ0n) is 16.1. The number of amides is 2. The van der Waals surface area contributed by atoms with Crippen LogP contribution in [0.3, 0.4) is 0 Å². The molecule has 7 heteroatoms. The van der Waals surface area contributed by atoms with E-state index in [1.165, 1.54) is 22.5 Å². The molecule has 28 heavy (non-hydrogen) atoms. The second kappa shape index (κ2) is 7.39. The van der Waals surface area contributed by atoms with E-state index in [4.69, 9.17) is 5.73 Å². The molecule has 2 aromatic heterocycles. The average molecular weight is 397 g/mol. The van der Waals surface area contributed by atoms with Crippen molar-refractivity contribution in [1.82, 2.24) is 14.7 Å². The molecular weight excluding hydrogens is 372 g/mol. The van der Waals surface area contributed by atoms with Crippen LogP contribution in [-0.2, 0) is 11.3 Å². The Hall–Kier alpha value is -2.67. The maximum atomic E-state index is 13.0. The number of thiophene rings is 1. The molecule has 4 rings (SSSR count). The number of carbonyl (C=O) groups is 2. The van der Waals surface area contributed by atoms with Gasteiger partial charge in [-0.25, -0.2) is 0 Å². The molecule has 146 valence electrons. The highest BCUT2D eigenvalue weighted by Gasteiger charge is 2.29. The van der Waals surface area contributed by atoms with Crippen LogP contribution in [0.25, 0.3) is 10.2 Å². The number of hydrogen-bond donors (Lipinski definition) is 1. The summed E-state index contributed by atoms with van der Waals surface area (Å²) in [7, 11) is 0. The lowest BCUT2D eigenvalue weighted by Gasteiger charge is -2.30. The molecular formula is C21H24N4O2S. The first-order valence-corrected chi connectivity index (χ1v) is 10.3. The van der Waals surface area contributed by atoms with Gasteiger partial charge in [0.05, 0.1) is 23.0 Å². The van der Waals surface area contributed by atoms with Gasteiger partial charge in [-0.15, -0.1) is 11.3 Å². The number of aromatic nitrogens is 2. The number of aryl methyl sites for hydroxylation is 2. The third kappa shape index (κ3) is 3.54. The highest BCUT2D eigenvalue weighted by molar-refractivity contribution is 7.20. The van der Waals surface area contributed by atoms with Crippen LogP contribution in [0, 0.1) is 19.8 Å². The zero-order chi connectivity index (χ0) is 19.8. The summed E-state index contributed by atoms with van der Waals surface area (Å²) in [6, 6.07) is 10.3. The number of carbonyl (C=O) groups excluding carboxylic acids is 2. The summed E-state index contributed by atoms with van der Waals surface area (Å²) in [5, 5.41) is 5.67. The number of likely N-dealkylation sites (tertiary alicyclic amines) is 1. The molecule has 0 aliphatic carbocycles. The van der Waals surface area contributed by atoms with Crippen LogP contribution < -0.4 is 5.73 Å². The van der Waals surface area contributed by atoms with Crippen LogP contribution in [0.4, 0.5) is 0 Å². The van der Waals surface area contributed by atoms with Gasteiger partial charge in [-0.2, -0.15) is 5.10 Å². The summed E-state index contributed by atoms with van der Waals surface area (Å²) in [6.07, 6.45) is 1.57. The number of fused-ring (bicyclic) bond motifs is 1. The Morgan fingerprint density at radius 1 is 1.25 bits per heavy atom. The highest BCUT2D eigenvalue weighted by Crippen LogP contribution is 2.30. The molecule has 0 spiro atoms. The van der Waals surface area contributed by atoms with E-state index < -0.39 is 0 Å². The van der Waals surface area contributed by atoms with E-state index in [2.05, 4.69) is 36.3 Å². The van der Waals surface area contributed by atoms with Gasteiger partial charge < -0.3 is 10.6 Å². The van der Waals surface area contributed by atoms with Gasteiger partial charge in [-0.1, -0.05) is 29.8 Å². The first-order valence-electron chi connectivity index (χ1n) is 9.53. The highest BCUT2D eigenvalue weighted by atomic mass is 32.1. The first kappa shape index (κ1) is 18.7. The summed E-state index contributed by atoms with van der Waals surface area (Å²) in [5.41, 5.74) is 8.78. The van der Waals surface area contributed by atoms with Gasteiger partial charge in [0.25, 0.3) is 5.91 Å². The topological polar surface area (TPSA) is 81.2 Å². The van der Waals surface area contributed by atoms with Crippen LogP contribution in [-0.4, -0.2) is 39.6 Å². The lowest BCUT2D eigenvalue weighted by Crippen LogP contribution is -2.43. The summed E-state index contributed by atoms with van der Waals surface area (Å²) < 4.78 is 1.97. The summed E-state index contributed by atoms with van der Waals surface area (Å²) in [5.74, 6) is -0.585. The van der Waals surface area contributed by atoms with Crippen LogP contribution in [0.15, 0.2) is 30.3 Å². The third-order valence-corrected chi connectivity index (χ3v) is 6.52. The maximum Gasteiger partial charge on any atom is 0.264 e. The van der Waals surface area contributed by atoms with Gasteiger partial charge >= 0.3 is 0 Å². The predicted molar refractivity (Wildman–Crippen MR) is 110 cm³/mol. The van der Waals surface area contributed by atoms with Gasteiger partial charge in [0.1, 0.15) is 4.83 Å². The Morgan fingerprint density at radius 3 is 2.71 bits per heavy atom. The largest absolute Gasteiger partial charge is 0.369 e. The van der Waals surface area contributed by atoms with E-state index in [9.17, 15) is 9.59 Å². The number of benzene rings is 1. The van der Waals surface area contributed by atoms with Gasteiger partial charge in [0.2, 0.25) is 5.91 Å². The molecule has 0 bridgehead atoms. The molecule has 1 atom stereocenters. The monoisotopic (exact) mass is 396 g/mol. The van der Waals surface area contributed by atoms with Crippen molar-refractivity contribution in [3.8, 4) is 0 Å². The van der Waals surface area contributed by atoms with E-state index >= 15 is 0 Å². The zero-order valence-corrected chi connectivity index (χ0v) is 17.0. The van der Waals surface area contributed by atoms with Crippen molar-refractivity contribution in [2.24, 2.45) is 11.7 Å². The second-order valence-electron chi connectivity index (χ2n) is 7.55. The normalized spacial score (nSPS) is 17.2. The first-order chi connectivity index (χ1) is 13.4. The van der Waals surface area contributed by atoms with E-state index in [0.717, 1.165) is 28.8 Å². The fourth-order valence-electron chi connectivity index (χ4n) is 3.74. The summed E-state index contributed by atoms with van der Waals surface area (Å²) in [6.45, 7) is 5.80. The van der Waals surface area contributed by atoms with E-state index in [0.29, 0.717) is 24.5 Å². The standard InChI is InChI=1S/C21H24N4O2S/c1-13-5-7-15(8-6-13)11-25-21-17(14(2)23-25)10-18(28-21)20(27)24-9-3-4-16(12-24)19(22)26/h5-8,10,16H,3-4,9,11-12H2,1-2H3,(H2,22,26)/t16-/m1/s1. The van der Waals surface area contributed by atoms with Crippen molar-refractivity contribution in [2.75, 3.05) is 13.1 Å². The Labute approximate surface area is 167 Å². The second-order valence-corrected chi connectivity index (χ2v) is 8.58. The minimum Gasteiger partial charge on any atom is -0.369 e. The molecule has 2 N–H and O–H groups in total. The van der Waals surface area contributed by atoms with Gasteiger partial charge in [-0.05, 0) is 38.3 Å². The number of rotatable bonds is 4. The molecule has 0 radical (unpaired) electrons. The minimum absolute atomic E-state index is 0.0200. The lowest BCUT2D eigenvalue weighted by molar-refractivity contribution is -0.123. The van der Waals surface area contributed by atoms with Crippen LogP contribution in [0.5, 0.6) is 0 Å². The van der Waals surface area contributed by atoms with E-state index in [-0.39, 0.29) is 17.7 Å². The minimum atomic E-state index is -0.321. The van der Waals surface area contributed by atoms with Gasteiger partial charge in [0.15, 0.2) is 0 Å². The number of primary amides is 1. The fourth-order valence-corrected chi connectivity index (χ4v) is 4.87.